The number of rotatable bonds is 5. The lowest BCUT2D eigenvalue weighted by Gasteiger charge is -2.17. The summed E-state index contributed by atoms with van der Waals surface area (Å²) in [5.74, 6) is -1.06. The number of carboxylic acid groups (broad SMARTS) is 1. The van der Waals surface area contributed by atoms with Crippen molar-refractivity contribution in [1.29, 1.82) is 0 Å². The van der Waals surface area contributed by atoms with Gasteiger partial charge in [0.05, 0.1) is 5.56 Å². The Morgan fingerprint density at radius 1 is 1.10 bits per heavy atom. The number of hydrogen-bond acceptors (Lipinski definition) is 4. The molecule has 1 atom stereocenters. The molecular weight excluding hydrogens is 256 g/mol. The second kappa shape index (κ2) is 6.08. The molecule has 0 spiro atoms. The summed E-state index contributed by atoms with van der Waals surface area (Å²) in [4.78, 5) is 11.1. The molecule has 0 aliphatic carbocycles. The van der Waals surface area contributed by atoms with Gasteiger partial charge in [-0.3, -0.25) is 0 Å². The zero-order valence-corrected chi connectivity index (χ0v) is 11.0. The molecule has 4 N–H and O–H groups in total. The second-order valence-corrected chi connectivity index (χ2v) is 4.27. The molecule has 2 aromatic rings. The van der Waals surface area contributed by atoms with Crippen LogP contribution in [0.1, 0.15) is 22.1 Å². The lowest BCUT2D eigenvalue weighted by Crippen LogP contribution is -2.14. The molecule has 0 saturated heterocycles. The summed E-state index contributed by atoms with van der Waals surface area (Å²) in [6.07, 6.45) is -1.09. The Kier molecular flexibility index (Phi) is 4.22. The third-order valence-corrected chi connectivity index (χ3v) is 2.94. The highest BCUT2D eigenvalue weighted by Crippen LogP contribution is 2.22. The molecule has 0 radical (unpaired) electrons. The highest BCUT2D eigenvalue weighted by molar-refractivity contribution is 5.89. The van der Waals surface area contributed by atoms with Gasteiger partial charge in [-0.25, -0.2) is 4.79 Å². The fourth-order valence-corrected chi connectivity index (χ4v) is 1.93. The number of nitrogens with one attached hydrogen (secondary N) is 2. The van der Waals surface area contributed by atoms with Crippen molar-refractivity contribution in [2.45, 2.75) is 6.23 Å². The number of aliphatic hydroxyl groups excluding tert-OH is 1. The zero-order chi connectivity index (χ0) is 14.5. The Morgan fingerprint density at radius 3 is 2.50 bits per heavy atom. The normalized spacial score (nSPS) is 11.7. The average molecular weight is 272 g/mol. The van der Waals surface area contributed by atoms with Crippen molar-refractivity contribution in [3.8, 4) is 0 Å². The van der Waals surface area contributed by atoms with Crippen molar-refractivity contribution < 1.29 is 15.0 Å². The molecule has 0 aliphatic rings. The van der Waals surface area contributed by atoms with E-state index < -0.39 is 12.2 Å². The summed E-state index contributed by atoms with van der Waals surface area (Å²) in [6, 6.07) is 13.7. The van der Waals surface area contributed by atoms with Gasteiger partial charge in [-0.05, 0) is 24.3 Å². The molecule has 0 amide bonds. The monoisotopic (exact) mass is 272 g/mol. The molecule has 0 bridgehead atoms. The summed E-state index contributed by atoms with van der Waals surface area (Å²) in [6.45, 7) is 0. The van der Waals surface area contributed by atoms with E-state index in [4.69, 9.17) is 5.11 Å². The Labute approximate surface area is 116 Å². The van der Waals surface area contributed by atoms with Crippen LogP contribution in [-0.2, 0) is 0 Å². The third-order valence-electron chi connectivity index (χ3n) is 2.94. The number of anilines is 2. The smallest absolute Gasteiger partial charge is 0.336 e. The summed E-state index contributed by atoms with van der Waals surface area (Å²) in [5.41, 5.74) is 2.00. The first-order chi connectivity index (χ1) is 9.61. The minimum absolute atomic E-state index is 0.0808. The maximum Gasteiger partial charge on any atom is 0.336 e. The molecule has 1 unspecified atom stereocenters. The van der Waals surface area contributed by atoms with Crippen molar-refractivity contribution in [2.75, 3.05) is 17.7 Å². The molecule has 0 fully saturated rings. The first-order valence-electron chi connectivity index (χ1n) is 6.16. The van der Waals surface area contributed by atoms with Gasteiger partial charge in [-0.15, -0.1) is 0 Å². The summed E-state index contributed by atoms with van der Waals surface area (Å²) < 4.78 is 0. The van der Waals surface area contributed by atoms with Crippen molar-refractivity contribution in [3.05, 3.63) is 59.7 Å². The molecule has 5 nitrogen and oxygen atoms in total. The van der Waals surface area contributed by atoms with Crippen LogP contribution in [0.25, 0.3) is 0 Å². The van der Waals surface area contributed by atoms with Gasteiger partial charge in [0, 0.05) is 24.0 Å². The van der Waals surface area contributed by atoms with E-state index in [-0.39, 0.29) is 5.56 Å². The van der Waals surface area contributed by atoms with Gasteiger partial charge < -0.3 is 20.8 Å². The Morgan fingerprint density at radius 2 is 1.80 bits per heavy atom. The maximum absolute atomic E-state index is 11.1. The standard InChI is InChI=1S/C15H16N2O3/c1-16-10-5-4-6-11(9-10)17-14(18)12-7-2-3-8-13(12)15(19)20/h2-9,14,16-18H,1H3,(H,19,20). The fraction of sp³-hybridized carbons (Fsp3) is 0.133. The summed E-state index contributed by atoms with van der Waals surface area (Å²) in [7, 11) is 1.80. The van der Waals surface area contributed by atoms with Crippen LogP contribution in [0, 0.1) is 0 Å². The topological polar surface area (TPSA) is 81.6 Å². The molecule has 0 saturated carbocycles. The van der Waals surface area contributed by atoms with Crippen LogP contribution in [0.3, 0.4) is 0 Å². The van der Waals surface area contributed by atoms with Gasteiger partial charge in [0.25, 0.3) is 0 Å². The van der Waals surface area contributed by atoms with Crippen LogP contribution in [-0.4, -0.2) is 23.2 Å². The Balaban J connectivity index is 2.23. The first-order valence-corrected chi connectivity index (χ1v) is 6.16. The molecule has 0 aromatic heterocycles. The van der Waals surface area contributed by atoms with Crippen LogP contribution >= 0.6 is 0 Å². The van der Waals surface area contributed by atoms with Crippen molar-refractivity contribution >= 4 is 17.3 Å². The first kappa shape index (κ1) is 13.9. The molecule has 0 heterocycles. The quantitative estimate of drug-likeness (QED) is 0.629. The van der Waals surface area contributed by atoms with Gasteiger partial charge in [-0.2, -0.15) is 0 Å². The van der Waals surface area contributed by atoms with Gasteiger partial charge in [-0.1, -0.05) is 24.3 Å². The minimum Gasteiger partial charge on any atom is -0.478 e. The second-order valence-electron chi connectivity index (χ2n) is 4.27. The van der Waals surface area contributed by atoms with Gasteiger partial charge in [0.15, 0.2) is 6.23 Å². The molecule has 0 aliphatic heterocycles. The lowest BCUT2D eigenvalue weighted by molar-refractivity contribution is 0.0690. The predicted molar refractivity (Wildman–Crippen MR) is 78.0 cm³/mol. The maximum atomic E-state index is 11.1. The third kappa shape index (κ3) is 3.07. The van der Waals surface area contributed by atoms with Gasteiger partial charge in [0.1, 0.15) is 0 Å². The number of hydrogen-bond donors (Lipinski definition) is 4. The molecule has 2 aromatic carbocycles. The lowest BCUT2D eigenvalue weighted by atomic mass is 10.1. The van der Waals surface area contributed by atoms with E-state index in [9.17, 15) is 9.90 Å². The van der Waals surface area contributed by atoms with Crippen molar-refractivity contribution in [3.63, 3.8) is 0 Å². The van der Waals surface area contributed by atoms with E-state index in [1.54, 1.807) is 31.3 Å². The summed E-state index contributed by atoms with van der Waals surface area (Å²) >= 11 is 0. The Hall–Kier alpha value is -2.53. The van der Waals surface area contributed by atoms with Crippen LogP contribution in [0.15, 0.2) is 48.5 Å². The van der Waals surface area contributed by atoms with Gasteiger partial charge >= 0.3 is 5.97 Å². The number of aliphatic hydroxyl groups is 1. The van der Waals surface area contributed by atoms with Crippen LogP contribution in [0.4, 0.5) is 11.4 Å². The highest BCUT2D eigenvalue weighted by Gasteiger charge is 2.16. The number of carbonyl (C=O) groups is 1. The molecule has 2 rings (SSSR count). The number of benzene rings is 2. The molecule has 20 heavy (non-hydrogen) atoms. The molecule has 5 heteroatoms. The van der Waals surface area contributed by atoms with Crippen LogP contribution < -0.4 is 10.6 Å². The number of aromatic carboxylic acids is 1. The minimum atomic E-state index is -1.09. The SMILES string of the molecule is CNc1cccc(NC(O)c2ccccc2C(=O)O)c1. The Bertz CT molecular complexity index is 614. The molecular formula is C15H16N2O3. The van der Waals surface area contributed by atoms with Gasteiger partial charge in [0.2, 0.25) is 0 Å². The largest absolute Gasteiger partial charge is 0.478 e. The van der Waals surface area contributed by atoms with Crippen molar-refractivity contribution in [2.24, 2.45) is 0 Å². The van der Waals surface area contributed by atoms with E-state index in [1.165, 1.54) is 6.07 Å². The van der Waals surface area contributed by atoms with E-state index >= 15 is 0 Å². The number of carboxylic acids is 1. The zero-order valence-electron chi connectivity index (χ0n) is 11.0. The van der Waals surface area contributed by atoms with Crippen LogP contribution in [0.5, 0.6) is 0 Å². The van der Waals surface area contributed by atoms with E-state index in [2.05, 4.69) is 10.6 Å². The summed E-state index contributed by atoms with van der Waals surface area (Å²) in [5, 5.41) is 25.2. The van der Waals surface area contributed by atoms with Crippen molar-refractivity contribution in [1.82, 2.24) is 0 Å². The van der Waals surface area contributed by atoms with E-state index in [0.717, 1.165) is 5.69 Å². The van der Waals surface area contributed by atoms with E-state index in [0.29, 0.717) is 11.3 Å². The van der Waals surface area contributed by atoms with Crippen LogP contribution in [0.2, 0.25) is 0 Å². The highest BCUT2D eigenvalue weighted by atomic mass is 16.4. The average Bonchev–Trinajstić information content (AvgIpc) is 2.47. The fourth-order valence-electron chi connectivity index (χ4n) is 1.93. The van der Waals surface area contributed by atoms with E-state index in [1.807, 2.05) is 18.2 Å². The predicted octanol–water partition coefficient (Wildman–Crippen LogP) is 2.53. The molecule has 104 valence electrons.